The van der Waals surface area contributed by atoms with Crippen LogP contribution in [-0.2, 0) is 0 Å². The van der Waals surface area contributed by atoms with E-state index in [0.29, 0.717) is 17.5 Å². The highest BCUT2D eigenvalue weighted by Gasteiger charge is 2.18. The lowest BCUT2D eigenvalue weighted by Gasteiger charge is -2.10. The number of nitrogens with zero attached hydrogens (tertiary/aromatic N) is 4. The molecule has 0 saturated heterocycles. The van der Waals surface area contributed by atoms with Crippen molar-refractivity contribution >= 4 is 64.2 Å². The second kappa shape index (κ2) is 9.03. The third-order valence-electron chi connectivity index (χ3n) is 7.83. The van der Waals surface area contributed by atoms with Gasteiger partial charge in [0.05, 0.1) is 4.70 Å². The predicted molar refractivity (Wildman–Crippen MR) is 172 cm³/mol. The molecule has 4 heterocycles. The van der Waals surface area contributed by atoms with Crippen LogP contribution in [0.3, 0.4) is 0 Å². The van der Waals surface area contributed by atoms with Crippen molar-refractivity contribution in [3.05, 3.63) is 122 Å². The van der Waals surface area contributed by atoms with E-state index in [-0.39, 0.29) is 0 Å². The van der Waals surface area contributed by atoms with Crippen molar-refractivity contribution in [3.63, 3.8) is 0 Å². The first-order valence-electron chi connectivity index (χ1n) is 13.7. The van der Waals surface area contributed by atoms with Crippen molar-refractivity contribution in [3.8, 4) is 34.2 Å². The first kappa shape index (κ1) is 23.3. The SMILES string of the molecule is c1ccc(-c2nc(-c3ccc4ccc5c6ccncc6sc5c4c3)nc(-c3cccc4oc5ccccc5c34)n2)cc1. The molecule has 196 valence electrons. The lowest BCUT2D eigenvalue weighted by Crippen LogP contribution is -2.00. The van der Waals surface area contributed by atoms with Crippen molar-refractivity contribution in [2.75, 3.05) is 0 Å². The molecule has 0 fully saturated rings. The first-order valence-corrected chi connectivity index (χ1v) is 14.5. The summed E-state index contributed by atoms with van der Waals surface area (Å²) in [6.45, 7) is 0. The van der Waals surface area contributed by atoms with Crippen LogP contribution < -0.4 is 0 Å². The fraction of sp³-hybridized carbons (Fsp3) is 0. The van der Waals surface area contributed by atoms with E-state index >= 15 is 0 Å². The van der Waals surface area contributed by atoms with Crippen LogP contribution in [0.15, 0.2) is 126 Å². The zero-order valence-corrected chi connectivity index (χ0v) is 23.0. The molecule has 9 aromatic rings. The van der Waals surface area contributed by atoms with Gasteiger partial charge in [0.2, 0.25) is 0 Å². The standard InChI is InChI=1S/C36H20N4OS/c1-2-7-22(8-3-1)34-38-35(40-36(39-34)27-10-6-12-30-32(27)26-9-4-5-11-29(26)41-30)23-14-13-21-15-16-25-24-17-18-37-20-31(24)42-33(25)28(21)19-23/h1-20H. The van der Waals surface area contributed by atoms with Crippen LogP contribution in [0.25, 0.3) is 87.0 Å². The molecule has 0 saturated carbocycles. The van der Waals surface area contributed by atoms with Gasteiger partial charge in [-0.1, -0.05) is 84.9 Å². The van der Waals surface area contributed by atoms with Crippen molar-refractivity contribution < 1.29 is 4.42 Å². The van der Waals surface area contributed by atoms with Crippen LogP contribution >= 0.6 is 11.3 Å². The highest BCUT2D eigenvalue weighted by molar-refractivity contribution is 7.26. The summed E-state index contributed by atoms with van der Waals surface area (Å²) in [5.41, 5.74) is 4.44. The maximum absolute atomic E-state index is 6.18. The van der Waals surface area contributed by atoms with Gasteiger partial charge in [0, 0.05) is 60.7 Å². The van der Waals surface area contributed by atoms with E-state index in [1.54, 1.807) is 11.3 Å². The normalized spacial score (nSPS) is 11.8. The summed E-state index contributed by atoms with van der Waals surface area (Å²) in [7, 11) is 0. The van der Waals surface area contributed by atoms with Crippen molar-refractivity contribution in [2.45, 2.75) is 0 Å². The Bertz CT molecular complexity index is 2480. The molecule has 0 radical (unpaired) electrons. The fourth-order valence-electron chi connectivity index (χ4n) is 5.85. The van der Waals surface area contributed by atoms with Crippen LogP contribution in [-0.4, -0.2) is 19.9 Å². The van der Waals surface area contributed by atoms with Gasteiger partial charge in [-0.05, 0) is 29.7 Å². The molecule has 0 bridgehead atoms. The van der Waals surface area contributed by atoms with Crippen LogP contribution in [0.5, 0.6) is 0 Å². The monoisotopic (exact) mass is 556 g/mol. The second-order valence-electron chi connectivity index (χ2n) is 10.3. The molecule has 0 aliphatic carbocycles. The van der Waals surface area contributed by atoms with Crippen LogP contribution in [0.1, 0.15) is 0 Å². The third-order valence-corrected chi connectivity index (χ3v) is 9.02. The molecule has 0 spiro atoms. The number of hydrogen-bond donors (Lipinski definition) is 0. The quantitative estimate of drug-likeness (QED) is 0.217. The number of rotatable bonds is 3. The van der Waals surface area contributed by atoms with Crippen LogP contribution in [0.4, 0.5) is 0 Å². The summed E-state index contributed by atoms with van der Waals surface area (Å²) in [4.78, 5) is 19.5. The summed E-state index contributed by atoms with van der Waals surface area (Å²) in [6, 6.07) is 37.2. The van der Waals surface area contributed by atoms with E-state index < -0.39 is 0 Å². The molecular formula is C36H20N4OS. The average Bonchev–Trinajstić information content (AvgIpc) is 3.63. The molecule has 0 amide bonds. The maximum Gasteiger partial charge on any atom is 0.164 e. The predicted octanol–water partition coefficient (Wildman–Crippen LogP) is 9.69. The van der Waals surface area contributed by atoms with E-state index in [1.165, 1.54) is 30.9 Å². The van der Waals surface area contributed by atoms with Gasteiger partial charge in [-0.15, -0.1) is 11.3 Å². The van der Waals surface area contributed by atoms with Crippen molar-refractivity contribution in [1.82, 2.24) is 19.9 Å². The summed E-state index contributed by atoms with van der Waals surface area (Å²) in [6.07, 6.45) is 3.80. The number of hydrogen-bond acceptors (Lipinski definition) is 6. The highest BCUT2D eigenvalue weighted by Crippen LogP contribution is 2.40. The molecule has 0 N–H and O–H groups in total. The van der Waals surface area contributed by atoms with E-state index in [2.05, 4.69) is 53.5 Å². The number of thiophene rings is 1. The Morgan fingerprint density at radius 2 is 1.33 bits per heavy atom. The van der Waals surface area contributed by atoms with Crippen molar-refractivity contribution in [1.29, 1.82) is 0 Å². The van der Waals surface area contributed by atoms with Crippen molar-refractivity contribution in [2.24, 2.45) is 0 Å². The van der Waals surface area contributed by atoms with Gasteiger partial charge >= 0.3 is 0 Å². The Hall–Kier alpha value is -5.46. The molecule has 9 rings (SSSR count). The van der Waals surface area contributed by atoms with E-state index in [0.717, 1.165) is 38.6 Å². The Kier molecular flexibility index (Phi) is 5.00. The number of aromatic nitrogens is 4. The largest absolute Gasteiger partial charge is 0.456 e. The Morgan fingerprint density at radius 3 is 2.26 bits per heavy atom. The average molecular weight is 557 g/mol. The smallest absolute Gasteiger partial charge is 0.164 e. The molecule has 42 heavy (non-hydrogen) atoms. The number of furan rings is 1. The van der Waals surface area contributed by atoms with Crippen LogP contribution in [0, 0.1) is 0 Å². The zero-order valence-electron chi connectivity index (χ0n) is 22.2. The minimum Gasteiger partial charge on any atom is -0.456 e. The van der Waals surface area contributed by atoms with Gasteiger partial charge in [-0.3, -0.25) is 4.98 Å². The highest BCUT2D eigenvalue weighted by atomic mass is 32.1. The molecule has 6 heteroatoms. The summed E-state index contributed by atoms with van der Waals surface area (Å²) in [5.74, 6) is 1.87. The molecule has 4 aromatic heterocycles. The van der Waals surface area contributed by atoms with Crippen LogP contribution in [0.2, 0.25) is 0 Å². The topological polar surface area (TPSA) is 64.7 Å². The summed E-state index contributed by atoms with van der Waals surface area (Å²) < 4.78 is 8.60. The lowest BCUT2D eigenvalue weighted by molar-refractivity contribution is 0.669. The van der Waals surface area contributed by atoms with Gasteiger partial charge in [-0.2, -0.15) is 0 Å². The lowest BCUT2D eigenvalue weighted by atomic mass is 10.0. The molecule has 5 nitrogen and oxygen atoms in total. The number of pyridine rings is 1. The van der Waals surface area contributed by atoms with E-state index in [1.807, 2.05) is 73.1 Å². The Balaban J connectivity index is 1.31. The van der Waals surface area contributed by atoms with Gasteiger partial charge in [-0.25, -0.2) is 15.0 Å². The summed E-state index contributed by atoms with van der Waals surface area (Å²) >= 11 is 1.77. The first-order chi connectivity index (χ1) is 20.8. The Labute approximate surface area is 243 Å². The molecule has 0 unspecified atom stereocenters. The molecule has 0 aliphatic rings. The summed E-state index contributed by atoms with van der Waals surface area (Å²) in [5, 5.41) is 6.87. The molecule has 0 atom stereocenters. The maximum atomic E-state index is 6.18. The minimum absolute atomic E-state index is 0.613. The zero-order chi connectivity index (χ0) is 27.6. The fourth-order valence-corrected chi connectivity index (χ4v) is 7.05. The van der Waals surface area contributed by atoms with Gasteiger partial charge in [0.1, 0.15) is 11.2 Å². The third kappa shape index (κ3) is 3.56. The van der Waals surface area contributed by atoms with E-state index in [9.17, 15) is 0 Å². The Morgan fingerprint density at radius 1 is 0.548 bits per heavy atom. The van der Waals surface area contributed by atoms with Gasteiger partial charge in [0.15, 0.2) is 17.5 Å². The molecule has 0 aliphatic heterocycles. The minimum atomic E-state index is 0.613. The number of benzene rings is 5. The molecular weight excluding hydrogens is 536 g/mol. The van der Waals surface area contributed by atoms with E-state index in [4.69, 9.17) is 19.4 Å². The second-order valence-corrected chi connectivity index (χ2v) is 11.4. The number of para-hydroxylation sites is 1. The van der Waals surface area contributed by atoms with Gasteiger partial charge < -0.3 is 4.42 Å². The molecule has 5 aromatic carbocycles. The van der Waals surface area contributed by atoms with Gasteiger partial charge in [0.25, 0.3) is 0 Å². The number of fused-ring (bicyclic) bond motifs is 8.